The van der Waals surface area contributed by atoms with Crippen molar-refractivity contribution in [3.63, 3.8) is 0 Å². The SMILES string of the molecule is COc1cc(Nc2c(C#N)cnc3cc(OCCCN4CCN(C(=O)CCCCCCCCCC(=O)NC(C(=O)N5CC(O)CC5C(=O)NCc5ccc(-c6scnc6C)cc5)C(C)(C)C)CC4)c(OC)cc23)c(Cl)cc1Cl. The summed E-state index contributed by atoms with van der Waals surface area (Å²) in [5.74, 6) is 0.733. The van der Waals surface area contributed by atoms with Crippen LogP contribution in [0.25, 0.3) is 21.3 Å². The van der Waals surface area contributed by atoms with Gasteiger partial charge in [-0.3, -0.25) is 29.1 Å². The number of benzene rings is 3. The van der Waals surface area contributed by atoms with Gasteiger partial charge in [-0.25, -0.2) is 4.98 Å². The van der Waals surface area contributed by atoms with Crippen LogP contribution in [-0.4, -0.2) is 132 Å². The number of amides is 4. The molecule has 4 amide bonds. The number of methoxy groups -OCH3 is 2. The van der Waals surface area contributed by atoms with Crippen molar-refractivity contribution in [2.24, 2.45) is 5.41 Å². The van der Waals surface area contributed by atoms with E-state index in [1.54, 1.807) is 42.7 Å². The largest absolute Gasteiger partial charge is 0.495 e. The molecule has 3 unspecified atom stereocenters. The van der Waals surface area contributed by atoms with Crippen LogP contribution >= 0.6 is 34.5 Å². The third-order valence-corrected chi connectivity index (χ3v) is 16.0. The first kappa shape index (κ1) is 59.4. The van der Waals surface area contributed by atoms with Gasteiger partial charge in [-0.05, 0) is 54.9 Å². The number of likely N-dealkylation sites (tertiary alicyclic amines) is 1. The number of β-amino-alcohol motifs (C(OH)–C–C–N with tert-alkyl or cyclic N) is 1. The Kier molecular flexibility index (Phi) is 21.4. The summed E-state index contributed by atoms with van der Waals surface area (Å²) in [6, 6.07) is 15.2. The lowest BCUT2D eigenvalue weighted by Gasteiger charge is -2.35. The summed E-state index contributed by atoms with van der Waals surface area (Å²) in [4.78, 5) is 69.5. The van der Waals surface area contributed by atoms with E-state index >= 15 is 0 Å². The highest BCUT2D eigenvalue weighted by molar-refractivity contribution is 7.13. The van der Waals surface area contributed by atoms with E-state index in [1.807, 2.05) is 62.4 Å². The van der Waals surface area contributed by atoms with Crippen LogP contribution in [0.4, 0.5) is 11.4 Å². The van der Waals surface area contributed by atoms with E-state index in [0.717, 1.165) is 86.3 Å². The van der Waals surface area contributed by atoms with Gasteiger partial charge in [0.15, 0.2) is 11.5 Å². The maximum Gasteiger partial charge on any atom is 0.246 e. The maximum atomic E-state index is 14.0. The summed E-state index contributed by atoms with van der Waals surface area (Å²) >= 11 is 14.3. The van der Waals surface area contributed by atoms with Gasteiger partial charge < -0.3 is 45.1 Å². The number of carbonyl (C=O) groups is 4. The Balaban J connectivity index is 0.749. The lowest BCUT2D eigenvalue weighted by atomic mass is 9.85. The molecule has 78 heavy (non-hydrogen) atoms. The van der Waals surface area contributed by atoms with Gasteiger partial charge in [-0.15, -0.1) is 11.3 Å². The molecule has 4 heterocycles. The first-order valence-electron chi connectivity index (χ1n) is 26.9. The molecule has 20 heteroatoms. The van der Waals surface area contributed by atoms with Crippen molar-refractivity contribution in [3.8, 4) is 33.8 Å². The number of nitrogens with zero attached hydrogens (tertiary/aromatic N) is 6. The zero-order chi connectivity index (χ0) is 55.9. The summed E-state index contributed by atoms with van der Waals surface area (Å²) in [5.41, 5.74) is 6.05. The van der Waals surface area contributed by atoms with Crippen LogP contribution in [0.15, 0.2) is 60.2 Å². The van der Waals surface area contributed by atoms with Crippen LogP contribution in [0.2, 0.25) is 10.0 Å². The minimum atomic E-state index is -0.866. The highest BCUT2D eigenvalue weighted by Gasteiger charge is 2.44. The number of hydrogen-bond acceptors (Lipinski definition) is 14. The van der Waals surface area contributed by atoms with Crippen molar-refractivity contribution in [1.29, 1.82) is 5.26 Å². The monoisotopic (exact) mass is 1130 g/mol. The molecule has 418 valence electrons. The number of piperazine rings is 1. The van der Waals surface area contributed by atoms with E-state index in [1.165, 1.54) is 18.2 Å². The van der Waals surface area contributed by atoms with Gasteiger partial charge in [-0.2, -0.15) is 5.26 Å². The number of aromatic nitrogens is 2. The summed E-state index contributed by atoms with van der Waals surface area (Å²) in [6.45, 7) is 12.2. The van der Waals surface area contributed by atoms with Crippen molar-refractivity contribution in [2.75, 3.05) is 65.4 Å². The number of pyridine rings is 1. The van der Waals surface area contributed by atoms with Gasteiger partial charge in [0.05, 0.1) is 75.5 Å². The van der Waals surface area contributed by atoms with Gasteiger partial charge in [0.25, 0.3) is 0 Å². The highest BCUT2D eigenvalue weighted by atomic mass is 35.5. The highest BCUT2D eigenvalue weighted by Crippen LogP contribution is 2.41. The normalized spacial score (nSPS) is 16.2. The Hall–Kier alpha value is -6.23. The minimum Gasteiger partial charge on any atom is -0.495 e. The zero-order valence-electron chi connectivity index (χ0n) is 45.6. The van der Waals surface area contributed by atoms with Crippen molar-refractivity contribution < 1.29 is 38.5 Å². The molecule has 0 radical (unpaired) electrons. The van der Waals surface area contributed by atoms with Crippen LogP contribution in [0.3, 0.4) is 0 Å². The van der Waals surface area contributed by atoms with E-state index in [0.29, 0.717) is 87.7 Å². The van der Waals surface area contributed by atoms with Crippen LogP contribution in [0.5, 0.6) is 17.2 Å². The number of nitriles is 1. The number of ether oxygens (including phenoxy) is 3. The van der Waals surface area contributed by atoms with E-state index in [2.05, 4.69) is 36.9 Å². The molecule has 17 nitrogen and oxygen atoms in total. The predicted octanol–water partition coefficient (Wildman–Crippen LogP) is 9.84. The van der Waals surface area contributed by atoms with E-state index in [9.17, 15) is 29.5 Å². The van der Waals surface area contributed by atoms with Gasteiger partial charge in [0.2, 0.25) is 23.6 Å². The average molecular weight is 1130 g/mol. The molecular weight excluding hydrogens is 1050 g/mol. The van der Waals surface area contributed by atoms with Crippen molar-refractivity contribution >= 4 is 80.4 Å². The van der Waals surface area contributed by atoms with Crippen LogP contribution in [0.1, 0.15) is 108 Å². The Morgan fingerprint density at radius 2 is 1.56 bits per heavy atom. The molecule has 2 aliphatic rings. The number of aliphatic hydroxyl groups excluding tert-OH is 1. The van der Waals surface area contributed by atoms with Crippen molar-refractivity contribution in [3.05, 3.63) is 87.1 Å². The number of aliphatic hydroxyl groups is 1. The number of rotatable bonds is 25. The molecule has 0 aliphatic carbocycles. The maximum absolute atomic E-state index is 14.0. The molecule has 2 saturated heterocycles. The minimum absolute atomic E-state index is 0.0221. The molecule has 2 aromatic heterocycles. The second kappa shape index (κ2) is 28.1. The smallest absolute Gasteiger partial charge is 0.246 e. The van der Waals surface area contributed by atoms with Crippen LogP contribution < -0.4 is 30.2 Å². The quantitative estimate of drug-likeness (QED) is 0.0402. The molecule has 3 aromatic carbocycles. The van der Waals surface area contributed by atoms with Crippen LogP contribution in [0, 0.1) is 23.7 Å². The fraction of sp³-hybridized carbons (Fsp3) is 0.500. The number of anilines is 2. The third-order valence-electron chi connectivity index (χ3n) is 14.4. The molecule has 0 spiro atoms. The van der Waals surface area contributed by atoms with Crippen molar-refractivity contribution in [2.45, 2.75) is 123 Å². The van der Waals surface area contributed by atoms with Gasteiger partial charge in [0.1, 0.15) is 23.9 Å². The number of carbonyl (C=O) groups excluding carboxylic acids is 4. The number of aryl methyl sites for hydroxylation is 1. The molecule has 5 aromatic rings. The van der Waals surface area contributed by atoms with Gasteiger partial charge in [0, 0.05) is 88.8 Å². The zero-order valence-corrected chi connectivity index (χ0v) is 47.9. The lowest BCUT2D eigenvalue weighted by Crippen LogP contribution is -2.57. The number of unbranched alkanes of at least 4 members (excludes halogenated alkanes) is 6. The first-order chi connectivity index (χ1) is 37.5. The topological polar surface area (TPSA) is 212 Å². The predicted molar refractivity (Wildman–Crippen MR) is 306 cm³/mol. The second-order valence-corrected chi connectivity index (χ2v) is 22.8. The number of nitrogens with one attached hydrogen (secondary N) is 3. The molecule has 3 atom stereocenters. The van der Waals surface area contributed by atoms with E-state index in [4.69, 9.17) is 37.4 Å². The summed E-state index contributed by atoms with van der Waals surface area (Å²) < 4.78 is 17.3. The molecule has 2 aliphatic heterocycles. The number of thiazole rings is 1. The number of hydrogen-bond donors (Lipinski definition) is 4. The van der Waals surface area contributed by atoms with Gasteiger partial charge >= 0.3 is 0 Å². The fourth-order valence-electron chi connectivity index (χ4n) is 9.92. The molecule has 0 bridgehead atoms. The number of halogens is 2. The van der Waals surface area contributed by atoms with Crippen molar-refractivity contribution in [1.82, 2.24) is 35.3 Å². The first-order valence-corrected chi connectivity index (χ1v) is 28.5. The number of fused-ring (bicyclic) bond motifs is 1. The summed E-state index contributed by atoms with van der Waals surface area (Å²) in [7, 11) is 3.07. The Morgan fingerprint density at radius 1 is 0.872 bits per heavy atom. The average Bonchev–Trinajstić information content (AvgIpc) is 4.05. The standard InChI is InChI=1S/C58H73Cl2N9O8S/c1-37-54(78-36-64-37)39-19-17-38(18-20-39)33-63-56(73)47-27-41(70)35-69(47)57(74)55(58(2,3)4)66-51(71)15-12-10-8-7-9-11-13-16-52(72)68-24-22-67(23-25-68)21-14-26-77-50-30-45-42(28-49(50)76-6)53(40(32-61)34-62-45)65-46-31-48(75-5)44(60)29-43(46)59/h17-20,28-31,34,36,41,47,55,70H,7-16,21-27,33,35H2,1-6H3,(H,62,65)(H,63,73)(H,66,71). The van der Waals surface area contributed by atoms with Gasteiger partial charge in [-0.1, -0.05) is 100 Å². The summed E-state index contributed by atoms with van der Waals surface area (Å²) in [5, 5.41) is 31.1. The lowest BCUT2D eigenvalue weighted by molar-refractivity contribution is -0.144. The van der Waals surface area contributed by atoms with E-state index in [-0.39, 0.29) is 49.6 Å². The molecule has 4 N–H and O–H groups in total. The summed E-state index contributed by atoms with van der Waals surface area (Å²) in [6.07, 6.45) is 8.76. The molecular formula is C58H73Cl2N9O8S. The molecule has 0 saturated carbocycles. The van der Waals surface area contributed by atoms with E-state index < -0.39 is 23.6 Å². The Bertz CT molecular complexity index is 2920. The van der Waals surface area contributed by atoms with Crippen LogP contribution in [-0.2, 0) is 25.7 Å². The molecule has 2 fully saturated rings. The third kappa shape index (κ3) is 15.7. The Morgan fingerprint density at radius 3 is 2.22 bits per heavy atom. The molecule has 7 rings (SSSR count). The Labute approximate surface area is 471 Å². The second-order valence-electron chi connectivity index (χ2n) is 21.1. The fourth-order valence-corrected chi connectivity index (χ4v) is 11.2.